The SMILES string of the molecule is CC(NC(C)c1ccccc1Br)c1cccc(C#N)c1. The maximum Gasteiger partial charge on any atom is 0.0991 e. The molecule has 0 aliphatic carbocycles. The minimum atomic E-state index is 0.186. The fraction of sp³-hybridized carbons (Fsp3) is 0.235. The van der Waals surface area contributed by atoms with Crippen LogP contribution in [0.25, 0.3) is 0 Å². The molecule has 0 amide bonds. The highest BCUT2D eigenvalue weighted by molar-refractivity contribution is 9.10. The third kappa shape index (κ3) is 3.47. The Morgan fingerprint density at radius 3 is 2.50 bits per heavy atom. The maximum absolute atomic E-state index is 8.96. The minimum absolute atomic E-state index is 0.186. The van der Waals surface area contributed by atoms with Crippen molar-refractivity contribution in [3.8, 4) is 6.07 Å². The lowest BCUT2D eigenvalue weighted by atomic mass is 10.0. The molecule has 3 heteroatoms. The molecule has 1 N–H and O–H groups in total. The van der Waals surface area contributed by atoms with Crippen molar-refractivity contribution >= 4 is 15.9 Å². The molecule has 0 radical (unpaired) electrons. The molecule has 0 spiro atoms. The van der Waals surface area contributed by atoms with Crippen molar-refractivity contribution in [1.29, 1.82) is 5.26 Å². The Morgan fingerprint density at radius 1 is 1.05 bits per heavy atom. The van der Waals surface area contributed by atoms with Crippen LogP contribution in [0.1, 0.15) is 42.6 Å². The first-order valence-corrected chi connectivity index (χ1v) is 7.41. The number of benzene rings is 2. The van der Waals surface area contributed by atoms with E-state index in [4.69, 9.17) is 5.26 Å². The van der Waals surface area contributed by atoms with Crippen LogP contribution < -0.4 is 5.32 Å². The van der Waals surface area contributed by atoms with E-state index in [0.29, 0.717) is 5.56 Å². The molecule has 2 nitrogen and oxygen atoms in total. The summed E-state index contributed by atoms with van der Waals surface area (Å²) in [5.41, 5.74) is 3.06. The number of hydrogen-bond donors (Lipinski definition) is 1. The Balaban J connectivity index is 2.13. The molecule has 2 rings (SSSR count). The van der Waals surface area contributed by atoms with Gasteiger partial charge in [-0.15, -0.1) is 0 Å². The van der Waals surface area contributed by atoms with E-state index in [1.54, 1.807) is 0 Å². The Morgan fingerprint density at radius 2 is 1.80 bits per heavy atom. The average molecular weight is 329 g/mol. The summed E-state index contributed by atoms with van der Waals surface area (Å²) in [5, 5.41) is 12.5. The molecule has 2 atom stereocenters. The molecule has 0 saturated carbocycles. The van der Waals surface area contributed by atoms with E-state index < -0.39 is 0 Å². The van der Waals surface area contributed by atoms with E-state index in [1.807, 2.05) is 36.4 Å². The van der Waals surface area contributed by atoms with Gasteiger partial charge in [-0.05, 0) is 43.2 Å². The van der Waals surface area contributed by atoms with E-state index in [2.05, 4.69) is 53.3 Å². The number of hydrogen-bond acceptors (Lipinski definition) is 2. The molecule has 2 aromatic rings. The van der Waals surface area contributed by atoms with Gasteiger partial charge in [-0.2, -0.15) is 5.26 Å². The van der Waals surface area contributed by atoms with E-state index in [9.17, 15) is 0 Å². The summed E-state index contributed by atoms with van der Waals surface area (Å²) in [4.78, 5) is 0. The lowest BCUT2D eigenvalue weighted by Crippen LogP contribution is -2.22. The molecule has 20 heavy (non-hydrogen) atoms. The first-order chi connectivity index (χ1) is 9.61. The fourth-order valence-electron chi connectivity index (χ4n) is 2.26. The summed E-state index contributed by atoms with van der Waals surface area (Å²) in [6, 6.07) is 18.5. The topological polar surface area (TPSA) is 35.8 Å². The molecular weight excluding hydrogens is 312 g/mol. The second kappa shape index (κ2) is 6.69. The Labute approximate surface area is 128 Å². The highest BCUT2D eigenvalue weighted by atomic mass is 79.9. The van der Waals surface area contributed by atoms with Crippen LogP contribution in [0.2, 0.25) is 0 Å². The predicted octanol–water partition coefficient (Wildman–Crippen LogP) is 4.73. The first kappa shape index (κ1) is 14.8. The zero-order chi connectivity index (χ0) is 14.5. The van der Waals surface area contributed by atoms with Crippen LogP contribution >= 0.6 is 15.9 Å². The normalized spacial score (nSPS) is 13.5. The third-order valence-corrected chi connectivity index (χ3v) is 4.11. The van der Waals surface area contributed by atoms with Crippen molar-refractivity contribution in [3.05, 3.63) is 69.7 Å². The zero-order valence-electron chi connectivity index (χ0n) is 11.6. The van der Waals surface area contributed by atoms with Crippen molar-refractivity contribution in [2.24, 2.45) is 0 Å². The van der Waals surface area contributed by atoms with Crippen LogP contribution in [-0.2, 0) is 0 Å². The number of nitrogens with one attached hydrogen (secondary N) is 1. The predicted molar refractivity (Wildman–Crippen MR) is 85.3 cm³/mol. The average Bonchev–Trinajstić information content (AvgIpc) is 2.47. The molecule has 102 valence electrons. The number of nitriles is 1. The van der Waals surface area contributed by atoms with Gasteiger partial charge in [0.05, 0.1) is 11.6 Å². The molecule has 0 aromatic heterocycles. The second-order valence-electron chi connectivity index (χ2n) is 4.87. The maximum atomic E-state index is 8.96. The van der Waals surface area contributed by atoms with Crippen molar-refractivity contribution < 1.29 is 0 Å². The van der Waals surface area contributed by atoms with Crippen molar-refractivity contribution in [2.45, 2.75) is 25.9 Å². The highest BCUT2D eigenvalue weighted by Crippen LogP contribution is 2.25. The number of nitrogens with zero attached hydrogens (tertiary/aromatic N) is 1. The van der Waals surface area contributed by atoms with Crippen molar-refractivity contribution in [3.63, 3.8) is 0 Å². The standard InChI is InChI=1S/C17H17BrN2/c1-12(15-7-5-6-14(10-15)11-19)20-13(2)16-8-3-4-9-17(16)18/h3-10,12-13,20H,1-2H3. The lowest BCUT2D eigenvalue weighted by Gasteiger charge is -2.21. The van der Waals surface area contributed by atoms with Gasteiger partial charge >= 0.3 is 0 Å². The van der Waals surface area contributed by atoms with E-state index in [-0.39, 0.29) is 12.1 Å². The summed E-state index contributed by atoms with van der Waals surface area (Å²) in [6.45, 7) is 4.26. The molecule has 0 heterocycles. The molecular formula is C17H17BrN2. The van der Waals surface area contributed by atoms with Gasteiger partial charge in [0.25, 0.3) is 0 Å². The molecule has 0 fully saturated rings. The van der Waals surface area contributed by atoms with E-state index in [0.717, 1.165) is 10.0 Å². The summed E-state index contributed by atoms with van der Waals surface area (Å²) in [6.07, 6.45) is 0. The monoisotopic (exact) mass is 328 g/mol. The van der Waals surface area contributed by atoms with E-state index >= 15 is 0 Å². The van der Waals surface area contributed by atoms with Crippen LogP contribution in [0, 0.1) is 11.3 Å². The van der Waals surface area contributed by atoms with Gasteiger partial charge in [-0.25, -0.2) is 0 Å². The third-order valence-electron chi connectivity index (χ3n) is 3.39. The van der Waals surface area contributed by atoms with Crippen LogP contribution in [-0.4, -0.2) is 0 Å². The zero-order valence-corrected chi connectivity index (χ0v) is 13.2. The Hall–Kier alpha value is -1.63. The van der Waals surface area contributed by atoms with Crippen molar-refractivity contribution in [1.82, 2.24) is 5.32 Å². The van der Waals surface area contributed by atoms with Gasteiger partial charge in [0.2, 0.25) is 0 Å². The molecule has 2 unspecified atom stereocenters. The first-order valence-electron chi connectivity index (χ1n) is 6.62. The van der Waals surface area contributed by atoms with Crippen LogP contribution in [0.15, 0.2) is 53.0 Å². The molecule has 0 aliphatic rings. The van der Waals surface area contributed by atoms with Gasteiger partial charge in [0.1, 0.15) is 0 Å². The molecule has 2 aromatic carbocycles. The highest BCUT2D eigenvalue weighted by Gasteiger charge is 2.13. The Kier molecular flexibility index (Phi) is 4.94. The van der Waals surface area contributed by atoms with Crippen molar-refractivity contribution in [2.75, 3.05) is 0 Å². The van der Waals surface area contributed by atoms with Crippen LogP contribution in [0.5, 0.6) is 0 Å². The fourth-order valence-corrected chi connectivity index (χ4v) is 2.89. The molecule has 0 saturated heterocycles. The van der Waals surface area contributed by atoms with Crippen LogP contribution in [0.4, 0.5) is 0 Å². The van der Waals surface area contributed by atoms with Gasteiger partial charge in [0, 0.05) is 16.6 Å². The summed E-state index contributed by atoms with van der Waals surface area (Å²) in [5.74, 6) is 0. The van der Waals surface area contributed by atoms with Gasteiger partial charge in [-0.1, -0.05) is 46.3 Å². The quantitative estimate of drug-likeness (QED) is 0.880. The summed E-state index contributed by atoms with van der Waals surface area (Å²) in [7, 11) is 0. The molecule has 0 bridgehead atoms. The summed E-state index contributed by atoms with van der Waals surface area (Å²) < 4.78 is 1.11. The smallest absolute Gasteiger partial charge is 0.0991 e. The van der Waals surface area contributed by atoms with Gasteiger partial charge in [0.15, 0.2) is 0 Å². The van der Waals surface area contributed by atoms with Crippen LogP contribution in [0.3, 0.4) is 0 Å². The number of rotatable bonds is 4. The second-order valence-corrected chi connectivity index (χ2v) is 5.72. The minimum Gasteiger partial charge on any atom is -0.304 e. The lowest BCUT2D eigenvalue weighted by molar-refractivity contribution is 0.493. The van der Waals surface area contributed by atoms with Gasteiger partial charge in [-0.3, -0.25) is 0 Å². The largest absolute Gasteiger partial charge is 0.304 e. The summed E-state index contributed by atoms with van der Waals surface area (Å²) >= 11 is 3.58. The van der Waals surface area contributed by atoms with Gasteiger partial charge < -0.3 is 5.32 Å². The van der Waals surface area contributed by atoms with E-state index in [1.165, 1.54) is 5.56 Å². The Bertz CT molecular complexity index is 631. The number of halogens is 1. The molecule has 0 aliphatic heterocycles.